The number of aliphatic hydroxyl groups excluding tert-OH is 1. The van der Waals surface area contributed by atoms with Crippen LogP contribution in [0.1, 0.15) is 31.1 Å². The molecule has 19 heavy (non-hydrogen) atoms. The van der Waals surface area contributed by atoms with E-state index in [0.29, 0.717) is 0 Å². The van der Waals surface area contributed by atoms with Crippen molar-refractivity contribution in [3.63, 3.8) is 0 Å². The second-order valence-corrected chi connectivity index (χ2v) is 4.51. The summed E-state index contributed by atoms with van der Waals surface area (Å²) < 4.78 is 24.2. The number of hydrogen-bond donors (Lipinski definition) is 2. The van der Waals surface area contributed by atoms with E-state index in [-0.39, 0.29) is 22.6 Å². The Morgan fingerprint density at radius 1 is 1.26 bits per heavy atom. The lowest BCUT2D eigenvalue weighted by Gasteiger charge is -2.22. The summed E-state index contributed by atoms with van der Waals surface area (Å²) in [5.74, 6) is -1.09. The Morgan fingerprint density at radius 2 is 1.79 bits per heavy atom. The quantitative estimate of drug-likeness (QED) is 0.857. The Kier molecular flexibility index (Phi) is 4.36. The number of benzene rings is 1. The average Bonchev–Trinajstić information content (AvgIpc) is 2.34. The van der Waals surface area contributed by atoms with Crippen LogP contribution < -0.4 is 9.47 Å². The Labute approximate surface area is 110 Å². The minimum Gasteiger partial charge on any atom is -0.496 e. The molecule has 0 aliphatic carbocycles. The van der Waals surface area contributed by atoms with Crippen LogP contribution in [0.3, 0.4) is 0 Å². The van der Waals surface area contributed by atoms with Gasteiger partial charge in [0, 0.05) is 17.2 Å². The van der Waals surface area contributed by atoms with Gasteiger partial charge in [-0.15, -0.1) is 0 Å². The van der Waals surface area contributed by atoms with E-state index in [1.807, 2.05) is 0 Å². The zero-order chi connectivity index (χ0) is 14.8. The Bertz CT molecular complexity index is 479. The van der Waals surface area contributed by atoms with Crippen LogP contribution in [0.4, 0.5) is 4.39 Å². The zero-order valence-electron chi connectivity index (χ0n) is 11.2. The maximum atomic E-state index is 14.1. The van der Waals surface area contributed by atoms with Crippen molar-refractivity contribution in [1.82, 2.24) is 0 Å². The summed E-state index contributed by atoms with van der Waals surface area (Å²) in [7, 11) is 2.70. The molecule has 1 aromatic rings. The number of carbonyl (C=O) groups is 1. The molecule has 0 aromatic heterocycles. The molecule has 0 saturated heterocycles. The molecule has 0 aliphatic rings. The maximum absolute atomic E-state index is 14.1. The van der Waals surface area contributed by atoms with Crippen molar-refractivity contribution in [1.29, 1.82) is 0 Å². The molecule has 0 saturated carbocycles. The topological polar surface area (TPSA) is 76.0 Å². The number of carboxylic acid groups (broad SMARTS) is 1. The van der Waals surface area contributed by atoms with Gasteiger partial charge < -0.3 is 19.7 Å². The van der Waals surface area contributed by atoms with Crippen molar-refractivity contribution in [3.05, 3.63) is 23.3 Å². The van der Waals surface area contributed by atoms with Crippen molar-refractivity contribution >= 4 is 5.97 Å². The van der Waals surface area contributed by atoms with Gasteiger partial charge in [-0.05, 0) is 19.9 Å². The summed E-state index contributed by atoms with van der Waals surface area (Å²) in [6.07, 6.45) is -1.79. The molecule has 5 nitrogen and oxygen atoms in total. The first-order valence-electron chi connectivity index (χ1n) is 5.58. The first kappa shape index (κ1) is 15.2. The summed E-state index contributed by atoms with van der Waals surface area (Å²) in [5, 5.41) is 18.5. The van der Waals surface area contributed by atoms with Crippen molar-refractivity contribution in [3.8, 4) is 11.5 Å². The molecule has 0 amide bonds. The van der Waals surface area contributed by atoms with Crippen LogP contribution in [0.15, 0.2) is 12.1 Å². The molecule has 0 heterocycles. The molecular weight excluding hydrogens is 255 g/mol. The van der Waals surface area contributed by atoms with E-state index in [1.165, 1.54) is 40.2 Å². The van der Waals surface area contributed by atoms with Crippen LogP contribution >= 0.6 is 0 Å². The number of aliphatic hydroxyl groups is 1. The van der Waals surface area contributed by atoms with Gasteiger partial charge in [0.1, 0.15) is 17.2 Å². The van der Waals surface area contributed by atoms with E-state index in [4.69, 9.17) is 14.6 Å². The third kappa shape index (κ3) is 3.14. The highest BCUT2D eigenvalue weighted by atomic mass is 19.1. The van der Waals surface area contributed by atoms with Crippen molar-refractivity contribution in [2.75, 3.05) is 14.2 Å². The van der Waals surface area contributed by atoms with Crippen LogP contribution in [0.2, 0.25) is 0 Å². The molecule has 6 heteroatoms. The minimum absolute atomic E-state index is 0.0171. The van der Waals surface area contributed by atoms with Gasteiger partial charge in [0.2, 0.25) is 0 Å². The fourth-order valence-electron chi connectivity index (χ4n) is 1.73. The van der Waals surface area contributed by atoms with E-state index in [2.05, 4.69) is 0 Å². The molecule has 1 atom stereocenters. The second-order valence-electron chi connectivity index (χ2n) is 4.51. The summed E-state index contributed by atoms with van der Waals surface area (Å²) >= 11 is 0. The molecule has 1 aromatic carbocycles. The number of aliphatic carboxylic acids is 1. The smallest absolute Gasteiger partial charge is 0.337 e. The van der Waals surface area contributed by atoms with Crippen LogP contribution in [0.5, 0.6) is 11.5 Å². The molecule has 0 fully saturated rings. The normalized spacial score (nSPS) is 12.9. The number of hydrogen-bond acceptors (Lipinski definition) is 4. The monoisotopic (exact) mass is 272 g/mol. The lowest BCUT2D eigenvalue weighted by atomic mass is 9.94. The molecular formula is C13H17FO5. The van der Waals surface area contributed by atoms with Gasteiger partial charge in [-0.25, -0.2) is 9.18 Å². The fourth-order valence-corrected chi connectivity index (χ4v) is 1.73. The Hall–Kier alpha value is -1.82. The molecule has 0 bridgehead atoms. The number of carboxylic acids is 1. The highest BCUT2D eigenvalue weighted by molar-refractivity contribution is 5.75. The molecule has 0 radical (unpaired) electrons. The van der Waals surface area contributed by atoms with E-state index in [1.54, 1.807) is 0 Å². The SMILES string of the molecule is COc1cc(OC)c(C(C)(C)F)cc1C(O)C(=O)O. The number of ether oxygens (including phenoxy) is 2. The van der Waals surface area contributed by atoms with Crippen LogP contribution in [-0.4, -0.2) is 30.4 Å². The molecule has 1 unspecified atom stereocenters. The first-order chi connectivity index (χ1) is 8.72. The van der Waals surface area contributed by atoms with E-state index < -0.39 is 17.7 Å². The highest BCUT2D eigenvalue weighted by Crippen LogP contribution is 2.39. The van der Waals surface area contributed by atoms with E-state index in [0.717, 1.165) is 0 Å². The third-order valence-corrected chi connectivity index (χ3v) is 2.72. The standard InChI is InChI=1S/C13H17FO5/c1-13(2,14)8-5-7(11(15)12(16)17)9(18-3)6-10(8)19-4/h5-6,11,15H,1-4H3,(H,16,17). The van der Waals surface area contributed by atoms with Gasteiger partial charge >= 0.3 is 5.97 Å². The maximum Gasteiger partial charge on any atom is 0.337 e. The molecule has 106 valence electrons. The lowest BCUT2D eigenvalue weighted by Crippen LogP contribution is -2.16. The number of halogens is 1. The number of rotatable bonds is 5. The predicted octanol–water partition coefficient (Wildman–Crippen LogP) is 2.03. The summed E-state index contributed by atoms with van der Waals surface area (Å²) in [4.78, 5) is 10.9. The lowest BCUT2D eigenvalue weighted by molar-refractivity contribution is -0.147. The van der Waals surface area contributed by atoms with Crippen LogP contribution in [-0.2, 0) is 10.5 Å². The van der Waals surface area contributed by atoms with Gasteiger partial charge in [0.15, 0.2) is 6.10 Å². The van der Waals surface area contributed by atoms with E-state index in [9.17, 15) is 14.3 Å². The molecule has 2 N–H and O–H groups in total. The van der Waals surface area contributed by atoms with Crippen LogP contribution in [0.25, 0.3) is 0 Å². The third-order valence-electron chi connectivity index (χ3n) is 2.72. The largest absolute Gasteiger partial charge is 0.496 e. The Balaban J connectivity index is 3.50. The molecule has 1 rings (SSSR count). The molecule has 0 spiro atoms. The minimum atomic E-state index is -1.79. The number of alkyl halides is 1. The highest BCUT2D eigenvalue weighted by Gasteiger charge is 2.29. The summed E-state index contributed by atoms with van der Waals surface area (Å²) in [6, 6.07) is 2.61. The summed E-state index contributed by atoms with van der Waals surface area (Å²) in [5.41, 5.74) is -1.62. The number of methoxy groups -OCH3 is 2. The van der Waals surface area contributed by atoms with Gasteiger partial charge in [0.05, 0.1) is 14.2 Å². The van der Waals surface area contributed by atoms with Crippen LogP contribution in [0, 0.1) is 0 Å². The van der Waals surface area contributed by atoms with Gasteiger partial charge in [-0.3, -0.25) is 0 Å². The van der Waals surface area contributed by atoms with Crippen molar-refractivity contribution in [2.45, 2.75) is 25.6 Å². The van der Waals surface area contributed by atoms with Gasteiger partial charge in [-0.2, -0.15) is 0 Å². The van der Waals surface area contributed by atoms with Gasteiger partial charge in [-0.1, -0.05) is 0 Å². The fraction of sp³-hybridized carbons (Fsp3) is 0.462. The Morgan fingerprint density at radius 3 is 2.16 bits per heavy atom. The first-order valence-corrected chi connectivity index (χ1v) is 5.58. The molecule has 0 aliphatic heterocycles. The van der Waals surface area contributed by atoms with Gasteiger partial charge in [0.25, 0.3) is 0 Å². The zero-order valence-corrected chi connectivity index (χ0v) is 11.2. The van der Waals surface area contributed by atoms with Crippen molar-refractivity contribution in [2.24, 2.45) is 0 Å². The average molecular weight is 272 g/mol. The van der Waals surface area contributed by atoms with E-state index >= 15 is 0 Å². The van der Waals surface area contributed by atoms with Crippen molar-refractivity contribution < 1.29 is 28.9 Å². The summed E-state index contributed by atoms with van der Waals surface area (Å²) in [6.45, 7) is 2.63. The predicted molar refractivity (Wildman–Crippen MR) is 66.3 cm³/mol. The second kappa shape index (κ2) is 5.44.